The molecule has 20 heavy (non-hydrogen) atoms. The van der Waals surface area contributed by atoms with Crippen LogP contribution in [0.15, 0.2) is 35.0 Å². The molecule has 1 fully saturated rings. The van der Waals surface area contributed by atoms with Gasteiger partial charge in [0, 0.05) is 0 Å². The monoisotopic (exact) mass is 335 g/mol. The van der Waals surface area contributed by atoms with Gasteiger partial charge in [-0.3, -0.25) is 0 Å². The Hall–Kier alpha value is -1.58. The summed E-state index contributed by atoms with van der Waals surface area (Å²) >= 11 is 2.88. The Bertz CT molecular complexity index is 588. The van der Waals surface area contributed by atoms with Crippen molar-refractivity contribution in [2.45, 2.75) is 25.8 Å². The molecule has 1 amide bonds. The molecule has 1 aliphatic carbocycles. The van der Waals surface area contributed by atoms with E-state index in [0.29, 0.717) is 23.1 Å². The van der Waals surface area contributed by atoms with Crippen LogP contribution in [0, 0.1) is 0 Å². The molecular formula is C15H15N2O2Se. The molecule has 1 aromatic carbocycles. The van der Waals surface area contributed by atoms with Gasteiger partial charge in [-0.15, -0.1) is 0 Å². The Morgan fingerprint density at radius 1 is 1.40 bits per heavy atom. The molecular weight excluding hydrogens is 319 g/mol. The van der Waals surface area contributed by atoms with Gasteiger partial charge in [0.15, 0.2) is 0 Å². The second kappa shape index (κ2) is 5.43. The quantitative estimate of drug-likeness (QED) is 0.624. The first kappa shape index (κ1) is 13.4. The van der Waals surface area contributed by atoms with Crippen LogP contribution < -0.4 is 4.74 Å². The Labute approximate surface area is 126 Å². The van der Waals surface area contributed by atoms with Crippen molar-refractivity contribution in [2.24, 2.45) is 4.99 Å². The molecule has 0 atom stereocenters. The number of ether oxygens (including phenoxy) is 1. The van der Waals surface area contributed by atoms with Gasteiger partial charge in [0.05, 0.1) is 0 Å². The normalized spacial score (nSPS) is 20.4. The van der Waals surface area contributed by atoms with Gasteiger partial charge in [-0.25, -0.2) is 0 Å². The van der Waals surface area contributed by atoms with E-state index < -0.39 is 0 Å². The number of aliphatic imine (C=N–C) groups is 1. The van der Waals surface area contributed by atoms with Gasteiger partial charge in [0.25, 0.3) is 0 Å². The number of hydrogen-bond donors (Lipinski definition) is 0. The summed E-state index contributed by atoms with van der Waals surface area (Å²) < 4.78 is 6.09. The Kier molecular flexibility index (Phi) is 3.64. The fourth-order valence-electron chi connectivity index (χ4n) is 2.15. The summed E-state index contributed by atoms with van der Waals surface area (Å²) in [5.74, 6) is 0.829. The van der Waals surface area contributed by atoms with Gasteiger partial charge in [-0.1, -0.05) is 0 Å². The van der Waals surface area contributed by atoms with E-state index in [2.05, 4.69) is 21.0 Å². The molecule has 0 aromatic heterocycles. The number of hydrogen-bond acceptors (Lipinski definition) is 3. The molecule has 1 heterocycles. The SMILES string of the molecule is CCOc1ccc(/C=C2\N=C([Se])N(C3CC3)C2=O)cc1. The number of nitrogens with zero attached hydrogens (tertiary/aromatic N) is 2. The van der Waals surface area contributed by atoms with Gasteiger partial charge >= 0.3 is 126 Å². The van der Waals surface area contributed by atoms with Crippen LogP contribution in [0.1, 0.15) is 25.3 Å². The fourth-order valence-corrected chi connectivity index (χ4v) is 2.84. The molecule has 0 unspecified atom stereocenters. The van der Waals surface area contributed by atoms with E-state index in [1.54, 1.807) is 4.90 Å². The number of carbonyl (C=O) groups excluding carboxylic acids is 1. The molecule has 0 spiro atoms. The summed E-state index contributed by atoms with van der Waals surface area (Å²) in [6.45, 7) is 2.60. The number of benzene rings is 1. The first-order valence-corrected chi connectivity index (χ1v) is 7.58. The summed E-state index contributed by atoms with van der Waals surface area (Å²) in [4.78, 5) is 18.4. The minimum absolute atomic E-state index is 0.00450. The zero-order valence-corrected chi connectivity index (χ0v) is 12.9. The summed E-state index contributed by atoms with van der Waals surface area (Å²) in [6.07, 6.45) is 3.96. The van der Waals surface area contributed by atoms with Gasteiger partial charge in [0.2, 0.25) is 0 Å². The molecule has 1 aromatic rings. The second-order valence-corrected chi connectivity index (χ2v) is 5.60. The summed E-state index contributed by atoms with van der Waals surface area (Å²) in [5.41, 5.74) is 1.45. The van der Waals surface area contributed by atoms with Gasteiger partial charge in [-0.2, -0.15) is 0 Å². The van der Waals surface area contributed by atoms with Crippen LogP contribution in [0.4, 0.5) is 0 Å². The number of carbonyl (C=O) groups is 1. The molecule has 3 rings (SSSR count). The van der Waals surface area contributed by atoms with E-state index in [9.17, 15) is 4.79 Å². The zero-order chi connectivity index (χ0) is 14.1. The fraction of sp³-hybridized carbons (Fsp3) is 0.333. The van der Waals surface area contributed by atoms with Crippen LogP contribution in [0.3, 0.4) is 0 Å². The van der Waals surface area contributed by atoms with Crippen molar-refractivity contribution in [1.82, 2.24) is 4.90 Å². The van der Waals surface area contributed by atoms with E-state index in [4.69, 9.17) is 4.74 Å². The maximum absolute atomic E-state index is 12.3. The molecule has 103 valence electrons. The third kappa shape index (κ3) is 2.64. The van der Waals surface area contributed by atoms with E-state index in [1.807, 2.05) is 37.3 Å². The first-order chi connectivity index (χ1) is 9.69. The van der Waals surface area contributed by atoms with Crippen LogP contribution in [0.2, 0.25) is 0 Å². The molecule has 0 saturated heterocycles. The molecule has 5 heteroatoms. The third-order valence-corrected chi connectivity index (χ3v) is 3.87. The average molecular weight is 334 g/mol. The van der Waals surface area contributed by atoms with Crippen LogP contribution >= 0.6 is 0 Å². The maximum atomic E-state index is 12.3. The molecule has 0 bridgehead atoms. The molecule has 0 N–H and O–H groups in total. The average Bonchev–Trinajstić information content (AvgIpc) is 3.21. The van der Waals surface area contributed by atoms with E-state index in [0.717, 1.165) is 24.2 Å². The molecule has 1 saturated carbocycles. The van der Waals surface area contributed by atoms with Crippen molar-refractivity contribution in [2.75, 3.05) is 6.61 Å². The summed E-state index contributed by atoms with van der Waals surface area (Å²) in [6, 6.07) is 8.00. The topological polar surface area (TPSA) is 41.9 Å². The van der Waals surface area contributed by atoms with Crippen molar-refractivity contribution in [3.05, 3.63) is 35.5 Å². The Morgan fingerprint density at radius 2 is 2.10 bits per heavy atom. The van der Waals surface area contributed by atoms with Crippen LogP contribution in [0.5, 0.6) is 5.75 Å². The van der Waals surface area contributed by atoms with E-state index >= 15 is 0 Å². The van der Waals surface area contributed by atoms with Crippen LogP contribution in [0.25, 0.3) is 6.08 Å². The molecule has 2 aliphatic rings. The van der Waals surface area contributed by atoms with E-state index in [-0.39, 0.29) is 5.91 Å². The number of amides is 1. The Balaban J connectivity index is 1.80. The minimum atomic E-state index is -0.00450. The van der Waals surface area contributed by atoms with Crippen molar-refractivity contribution < 1.29 is 9.53 Å². The van der Waals surface area contributed by atoms with E-state index in [1.165, 1.54) is 0 Å². The first-order valence-electron chi connectivity index (χ1n) is 6.73. The number of amidine groups is 1. The van der Waals surface area contributed by atoms with Crippen LogP contribution in [-0.4, -0.2) is 44.2 Å². The molecule has 4 nitrogen and oxygen atoms in total. The number of rotatable bonds is 4. The summed E-state index contributed by atoms with van der Waals surface area (Å²) in [5, 5.41) is 0. The van der Waals surface area contributed by atoms with Crippen molar-refractivity contribution in [3.8, 4) is 5.75 Å². The van der Waals surface area contributed by atoms with Crippen molar-refractivity contribution >= 4 is 32.7 Å². The molecule has 1 radical (unpaired) electrons. The zero-order valence-electron chi connectivity index (χ0n) is 11.2. The van der Waals surface area contributed by atoms with Crippen molar-refractivity contribution in [1.29, 1.82) is 0 Å². The predicted molar refractivity (Wildman–Crippen MR) is 78.6 cm³/mol. The van der Waals surface area contributed by atoms with Gasteiger partial charge in [-0.05, 0) is 0 Å². The standard InChI is InChI=1S/C15H15N2O2Se/c1-2-19-12-7-3-10(4-8-12)9-13-14(18)17(11-5-6-11)15(20)16-13/h3-4,7-9,11H,2,5-6H2,1H3/b13-9-. The van der Waals surface area contributed by atoms with Crippen molar-refractivity contribution in [3.63, 3.8) is 0 Å². The van der Waals surface area contributed by atoms with Crippen LogP contribution in [-0.2, 0) is 4.79 Å². The predicted octanol–water partition coefficient (Wildman–Crippen LogP) is 1.96. The summed E-state index contributed by atoms with van der Waals surface area (Å²) in [7, 11) is 0. The Morgan fingerprint density at radius 3 is 2.70 bits per heavy atom. The van der Waals surface area contributed by atoms with Gasteiger partial charge < -0.3 is 0 Å². The van der Waals surface area contributed by atoms with Gasteiger partial charge in [0.1, 0.15) is 0 Å². The third-order valence-electron chi connectivity index (χ3n) is 3.27. The molecule has 1 aliphatic heterocycles. The second-order valence-electron chi connectivity index (χ2n) is 4.83.